The zero-order valence-corrected chi connectivity index (χ0v) is 19.4. The van der Waals surface area contributed by atoms with Crippen LogP contribution in [0.1, 0.15) is 93.9 Å². The topological polar surface area (TPSA) is 6.48 Å². The van der Waals surface area contributed by atoms with Crippen LogP contribution in [0.3, 0.4) is 0 Å². The Hall–Kier alpha value is -0.0800. The van der Waals surface area contributed by atoms with E-state index in [1.54, 1.807) is 0 Å². The second-order valence-corrected chi connectivity index (χ2v) is 12.3. The smallest absolute Gasteiger partial charge is 0.0186 e. The highest BCUT2D eigenvalue weighted by Gasteiger charge is 2.54. The van der Waals surface area contributed by atoms with Crippen LogP contribution in [0.5, 0.6) is 0 Å². The second-order valence-electron chi connectivity index (χ2n) is 12.3. The van der Waals surface area contributed by atoms with Gasteiger partial charge >= 0.3 is 0 Å². The van der Waals surface area contributed by atoms with Crippen molar-refractivity contribution >= 4 is 0 Å². The molecule has 3 aliphatic rings. The second kappa shape index (κ2) is 6.21. The highest BCUT2D eigenvalue weighted by molar-refractivity contribution is 5.09. The molecule has 0 N–H and O–H groups in total. The van der Waals surface area contributed by atoms with Crippen molar-refractivity contribution in [2.45, 2.75) is 116 Å². The Labute approximate surface area is 164 Å². The summed E-state index contributed by atoms with van der Waals surface area (Å²) < 4.78 is 0. The number of hydrogen-bond acceptors (Lipinski definition) is 2. The third-order valence-electron chi connectivity index (χ3n) is 9.75. The van der Waals surface area contributed by atoms with Crippen molar-refractivity contribution < 1.29 is 0 Å². The molecule has 0 spiro atoms. The Morgan fingerprint density at radius 2 is 0.808 bits per heavy atom. The van der Waals surface area contributed by atoms with Gasteiger partial charge in [0.25, 0.3) is 0 Å². The molecule has 2 unspecified atom stereocenters. The first-order valence-corrected chi connectivity index (χ1v) is 11.2. The van der Waals surface area contributed by atoms with Crippen molar-refractivity contribution in [3.05, 3.63) is 0 Å². The van der Waals surface area contributed by atoms with Crippen molar-refractivity contribution in [2.75, 3.05) is 14.1 Å². The van der Waals surface area contributed by atoms with Crippen molar-refractivity contribution in [2.24, 2.45) is 23.7 Å². The highest BCUT2D eigenvalue weighted by Crippen LogP contribution is 2.54. The Balaban J connectivity index is 1.67. The summed E-state index contributed by atoms with van der Waals surface area (Å²) in [5.74, 6) is 3.58. The van der Waals surface area contributed by atoms with E-state index in [9.17, 15) is 0 Å². The van der Waals surface area contributed by atoms with Gasteiger partial charge in [-0.05, 0) is 132 Å². The molecule has 1 saturated carbocycles. The Bertz CT molecular complexity index is 474. The lowest BCUT2D eigenvalue weighted by atomic mass is 9.64. The average Bonchev–Trinajstić information content (AvgIpc) is 2.81. The number of rotatable bonds is 2. The van der Waals surface area contributed by atoms with Gasteiger partial charge < -0.3 is 0 Å². The molecule has 3 fully saturated rings. The predicted molar refractivity (Wildman–Crippen MR) is 114 cm³/mol. The zero-order valence-electron chi connectivity index (χ0n) is 19.4. The summed E-state index contributed by atoms with van der Waals surface area (Å²) in [6.07, 6.45) is 8.57. The molecule has 1 aliphatic carbocycles. The van der Waals surface area contributed by atoms with Crippen molar-refractivity contribution in [3.8, 4) is 0 Å². The van der Waals surface area contributed by atoms with E-state index in [1.807, 2.05) is 0 Å². The molecule has 152 valence electrons. The predicted octanol–water partition coefficient (Wildman–Crippen LogP) is 5.81. The van der Waals surface area contributed by atoms with E-state index >= 15 is 0 Å². The molecule has 0 aromatic carbocycles. The largest absolute Gasteiger partial charge is 0.296 e. The van der Waals surface area contributed by atoms with Crippen LogP contribution in [0, 0.1) is 23.7 Å². The van der Waals surface area contributed by atoms with Gasteiger partial charge in [-0.3, -0.25) is 9.80 Å². The summed E-state index contributed by atoms with van der Waals surface area (Å²) in [6, 6.07) is 0. The lowest BCUT2D eigenvalue weighted by Crippen LogP contribution is -2.49. The summed E-state index contributed by atoms with van der Waals surface area (Å²) in [7, 11) is 4.70. The molecule has 0 aromatic rings. The van der Waals surface area contributed by atoms with E-state index < -0.39 is 0 Å². The van der Waals surface area contributed by atoms with Crippen LogP contribution < -0.4 is 0 Å². The van der Waals surface area contributed by atoms with Crippen molar-refractivity contribution in [3.63, 3.8) is 0 Å². The molecular weight excluding hydrogens is 316 g/mol. The molecule has 2 aliphatic heterocycles. The van der Waals surface area contributed by atoms with Gasteiger partial charge in [-0.15, -0.1) is 0 Å². The first-order chi connectivity index (χ1) is 11.7. The summed E-state index contributed by atoms with van der Waals surface area (Å²) in [6.45, 7) is 19.8. The molecule has 0 amide bonds. The third kappa shape index (κ3) is 3.08. The monoisotopic (exact) mass is 362 g/mol. The summed E-state index contributed by atoms with van der Waals surface area (Å²) >= 11 is 0. The van der Waals surface area contributed by atoms with E-state index in [2.05, 4.69) is 79.3 Å². The molecule has 2 heteroatoms. The van der Waals surface area contributed by atoms with Crippen molar-refractivity contribution in [1.29, 1.82) is 0 Å². The van der Waals surface area contributed by atoms with Crippen LogP contribution >= 0.6 is 0 Å². The van der Waals surface area contributed by atoms with Crippen LogP contribution in [0.25, 0.3) is 0 Å². The fraction of sp³-hybridized carbons (Fsp3) is 1.00. The van der Waals surface area contributed by atoms with Gasteiger partial charge in [-0.2, -0.15) is 0 Å². The van der Waals surface area contributed by atoms with Gasteiger partial charge in [-0.1, -0.05) is 0 Å². The first-order valence-electron chi connectivity index (χ1n) is 11.2. The van der Waals surface area contributed by atoms with E-state index in [0.29, 0.717) is 22.2 Å². The maximum Gasteiger partial charge on any atom is 0.0186 e. The summed E-state index contributed by atoms with van der Waals surface area (Å²) in [5, 5.41) is 0. The van der Waals surface area contributed by atoms with Gasteiger partial charge in [0.2, 0.25) is 0 Å². The number of nitrogens with zero attached hydrogens (tertiary/aromatic N) is 2. The summed E-state index contributed by atoms with van der Waals surface area (Å²) in [5.41, 5.74) is 1.39. The molecule has 2 heterocycles. The molecule has 0 radical (unpaired) electrons. The van der Waals surface area contributed by atoms with Gasteiger partial charge in [0, 0.05) is 22.2 Å². The van der Waals surface area contributed by atoms with Crippen LogP contribution in [-0.2, 0) is 0 Å². The van der Waals surface area contributed by atoms with E-state index in [0.717, 1.165) is 23.7 Å². The maximum atomic E-state index is 2.66. The molecule has 0 bridgehead atoms. The molecule has 2 nitrogen and oxygen atoms in total. The van der Waals surface area contributed by atoms with E-state index in [1.165, 1.54) is 38.5 Å². The maximum absolute atomic E-state index is 2.66. The number of likely N-dealkylation sites (tertiary alicyclic amines) is 2. The highest BCUT2D eigenvalue weighted by atomic mass is 15.3. The Morgan fingerprint density at radius 1 is 0.538 bits per heavy atom. The minimum absolute atomic E-state index is 0.343. The standard InChI is InChI=1S/C24H46N2/c1-21(2)15-19(23(5,6)25(21)9)17-11-13-18(14-12-17)20-16-22(3,4)26(10)24(20,7)8/h17-20H,11-16H2,1-10H3. The molecular formula is C24H46N2. The number of hydrogen-bond donors (Lipinski definition) is 0. The Morgan fingerprint density at radius 3 is 1.00 bits per heavy atom. The van der Waals surface area contributed by atoms with Crippen LogP contribution in [0.4, 0.5) is 0 Å². The molecule has 2 saturated heterocycles. The molecule has 0 aromatic heterocycles. The zero-order chi connectivity index (χ0) is 19.7. The van der Waals surface area contributed by atoms with Gasteiger partial charge in [-0.25, -0.2) is 0 Å². The van der Waals surface area contributed by atoms with Crippen LogP contribution in [0.15, 0.2) is 0 Å². The van der Waals surface area contributed by atoms with Gasteiger partial charge in [0.05, 0.1) is 0 Å². The average molecular weight is 363 g/mol. The first kappa shape index (κ1) is 20.6. The lowest BCUT2D eigenvalue weighted by Gasteiger charge is -2.45. The van der Waals surface area contributed by atoms with Crippen LogP contribution in [-0.4, -0.2) is 46.1 Å². The summed E-state index contributed by atoms with van der Waals surface area (Å²) in [4.78, 5) is 5.32. The van der Waals surface area contributed by atoms with E-state index in [4.69, 9.17) is 0 Å². The van der Waals surface area contributed by atoms with Gasteiger partial charge in [0.15, 0.2) is 0 Å². The fourth-order valence-electron chi connectivity index (χ4n) is 7.34. The quantitative estimate of drug-likeness (QED) is 0.611. The normalized spacial score (nSPS) is 42.2. The van der Waals surface area contributed by atoms with Crippen molar-refractivity contribution in [1.82, 2.24) is 9.80 Å². The minimum atomic E-state index is 0.343. The molecule has 2 atom stereocenters. The lowest BCUT2D eigenvalue weighted by molar-refractivity contribution is 0.0511. The fourth-order valence-corrected chi connectivity index (χ4v) is 7.34. The molecule has 3 rings (SSSR count). The molecule has 26 heavy (non-hydrogen) atoms. The minimum Gasteiger partial charge on any atom is -0.296 e. The van der Waals surface area contributed by atoms with Crippen LogP contribution in [0.2, 0.25) is 0 Å². The third-order valence-corrected chi connectivity index (χ3v) is 9.75. The van der Waals surface area contributed by atoms with Gasteiger partial charge in [0.1, 0.15) is 0 Å². The van der Waals surface area contributed by atoms with E-state index in [-0.39, 0.29) is 0 Å². The Kier molecular flexibility index (Phi) is 4.93. The SMILES string of the molecule is CN1C(C)(C)CC(C2CCC(C3CC(C)(C)N(C)C3(C)C)CC2)C1(C)C.